The lowest BCUT2D eigenvalue weighted by molar-refractivity contribution is -0.155. The summed E-state index contributed by atoms with van der Waals surface area (Å²) < 4.78 is 0.126. The number of rotatable bonds is 16. The van der Waals surface area contributed by atoms with Crippen LogP contribution in [0.25, 0.3) is 0 Å². The van der Waals surface area contributed by atoms with Gasteiger partial charge in [0.2, 0.25) is 5.60 Å². The maximum absolute atomic E-state index is 15.2. The SMILES string of the molecule is O=C(O)C1=C(Sc2ccncc2)CCC2C(NC(=O)C(=NOC(c3ccccc3)(c3ccccc3)c3ccccc3)c3nc(NC(c4ccccc4)(c4ccccc4)c4ccccc4)sc3Cl)C(=O)N12. The number of nitrogens with zero attached hydrogens (tertiary/aromatic N) is 4. The summed E-state index contributed by atoms with van der Waals surface area (Å²) in [5.41, 5.74) is 2.14. The lowest BCUT2D eigenvalue weighted by Crippen LogP contribution is -2.72. The number of pyridine rings is 1. The lowest BCUT2D eigenvalue weighted by atomic mass is 9.77. The van der Waals surface area contributed by atoms with Crippen molar-refractivity contribution in [2.75, 3.05) is 5.32 Å². The van der Waals surface area contributed by atoms with Gasteiger partial charge in [-0.2, -0.15) is 0 Å². The van der Waals surface area contributed by atoms with Crippen LogP contribution in [0.5, 0.6) is 0 Å². The van der Waals surface area contributed by atoms with E-state index in [9.17, 15) is 14.7 Å². The minimum absolute atomic E-state index is 0.00673. The third-order valence-electron chi connectivity index (χ3n) is 12.5. The number of carbonyl (C=O) groups is 3. The fourth-order valence-corrected chi connectivity index (χ4v) is 11.5. The second-order valence-corrected chi connectivity index (χ2v) is 19.3. The highest BCUT2D eigenvalue weighted by Gasteiger charge is 2.54. The first-order valence-corrected chi connectivity index (χ1v) is 24.5. The highest BCUT2D eigenvalue weighted by atomic mass is 35.5. The van der Waals surface area contributed by atoms with Gasteiger partial charge in [-0.15, -0.1) is 0 Å². The number of oxime groups is 1. The normalized spacial score (nSPS) is 15.9. The van der Waals surface area contributed by atoms with Gasteiger partial charge in [-0.1, -0.05) is 222 Å². The van der Waals surface area contributed by atoms with Gasteiger partial charge >= 0.3 is 5.97 Å². The molecule has 0 radical (unpaired) electrons. The van der Waals surface area contributed by atoms with Gasteiger partial charge in [-0.25, -0.2) is 9.78 Å². The molecule has 10 rings (SSSR count). The number of β-lactam (4-membered cyclic amide) rings is 1. The molecular formula is C56H43ClN6O5S2. The van der Waals surface area contributed by atoms with Gasteiger partial charge in [0.25, 0.3) is 11.8 Å². The number of aromatic nitrogens is 2. The number of halogens is 1. The standard InChI is InChI=1S/C56H43ClN6O5S2/c57-50-47(60-54(70-50)61-55(37-19-7-1-8-20-37,38-21-9-2-10-22-38)39-23-11-3-12-24-39)48(62-68-56(40-25-13-4-14-26-40,41-27-15-5-16-28-41)42-29-17-6-18-30-42)51(64)59-46-44-31-32-45(69-43-33-35-58-36-34-43)49(53(66)67)63(44)52(46)65/h1-30,33-36,44,46H,31-32H2,(H,59,64)(H,60,61)(H,66,67). The quantitative estimate of drug-likeness (QED) is 0.0373. The van der Waals surface area contributed by atoms with Crippen LogP contribution in [0, 0.1) is 0 Å². The Morgan fingerprint density at radius 1 is 0.700 bits per heavy atom. The number of hydrogen-bond donors (Lipinski definition) is 3. The first-order valence-electron chi connectivity index (χ1n) is 22.5. The number of carbonyl (C=O) groups excluding carboxylic acids is 2. The molecule has 346 valence electrons. The van der Waals surface area contributed by atoms with Crippen molar-refractivity contribution >= 4 is 63.3 Å². The van der Waals surface area contributed by atoms with Crippen LogP contribution in [0.1, 0.15) is 51.9 Å². The molecule has 70 heavy (non-hydrogen) atoms. The van der Waals surface area contributed by atoms with E-state index < -0.39 is 41.0 Å². The van der Waals surface area contributed by atoms with Gasteiger partial charge in [0.15, 0.2) is 10.8 Å². The molecule has 0 saturated carbocycles. The average Bonchev–Trinajstić information content (AvgIpc) is 3.78. The number of amides is 2. The van der Waals surface area contributed by atoms with Crippen molar-refractivity contribution in [1.82, 2.24) is 20.2 Å². The van der Waals surface area contributed by atoms with Crippen molar-refractivity contribution in [3.05, 3.63) is 261 Å². The van der Waals surface area contributed by atoms with Crippen molar-refractivity contribution in [1.29, 1.82) is 0 Å². The van der Waals surface area contributed by atoms with Crippen LogP contribution in [0.4, 0.5) is 5.13 Å². The molecule has 2 unspecified atom stereocenters. The van der Waals surface area contributed by atoms with E-state index in [-0.39, 0.29) is 21.4 Å². The molecule has 6 aromatic carbocycles. The van der Waals surface area contributed by atoms with Crippen molar-refractivity contribution in [2.24, 2.45) is 5.16 Å². The summed E-state index contributed by atoms with van der Waals surface area (Å²) in [6, 6.07) is 60.6. The lowest BCUT2D eigenvalue weighted by Gasteiger charge is -2.50. The maximum Gasteiger partial charge on any atom is 0.353 e. The molecule has 3 N–H and O–H groups in total. The van der Waals surface area contributed by atoms with Crippen LogP contribution >= 0.6 is 34.7 Å². The second-order valence-electron chi connectivity index (χ2n) is 16.6. The Kier molecular flexibility index (Phi) is 13.1. The van der Waals surface area contributed by atoms with Gasteiger partial charge < -0.3 is 20.6 Å². The Bertz CT molecular complexity index is 3010. The van der Waals surface area contributed by atoms with Crippen LogP contribution in [0.3, 0.4) is 0 Å². The number of nitrogens with one attached hydrogen (secondary N) is 2. The number of carboxylic acids is 1. The predicted molar refractivity (Wildman–Crippen MR) is 273 cm³/mol. The molecular weight excluding hydrogens is 936 g/mol. The molecule has 0 bridgehead atoms. The fourth-order valence-electron chi connectivity index (χ4n) is 9.31. The van der Waals surface area contributed by atoms with Crippen LogP contribution in [0.15, 0.2) is 227 Å². The van der Waals surface area contributed by atoms with Crippen molar-refractivity contribution in [2.45, 2.75) is 41.0 Å². The minimum Gasteiger partial charge on any atom is -0.477 e. The molecule has 2 amide bonds. The molecule has 2 aliphatic heterocycles. The number of aliphatic carboxylic acids is 1. The Labute approximate surface area is 417 Å². The van der Waals surface area contributed by atoms with Gasteiger partial charge in [0.05, 0.1) is 6.04 Å². The summed E-state index contributed by atoms with van der Waals surface area (Å²) >= 11 is 9.67. The van der Waals surface area contributed by atoms with Crippen LogP contribution in [-0.2, 0) is 30.4 Å². The largest absolute Gasteiger partial charge is 0.477 e. The topological polar surface area (TPSA) is 146 Å². The first kappa shape index (κ1) is 45.9. The molecule has 1 saturated heterocycles. The molecule has 8 aromatic rings. The molecule has 11 nitrogen and oxygen atoms in total. The van der Waals surface area contributed by atoms with E-state index >= 15 is 4.79 Å². The van der Waals surface area contributed by atoms with E-state index in [1.807, 2.05) is 182 Å². The molecule has 14 heteroatoms. The van der Waals surface area contributed by atoms with E-state index in [4.69, 9.17) is 26.6 Å². The van der Waals surface area contributed by atoms with E-state index in [0.29, 0.717) is 22.9 Å². The number of allylic oxidation sites excluding steroid dienone is 1. The van der Waals surface area contributed by atoms with E-state index in [1.54, 1.807) is 24.5 Å². The number of thiazole rings is 1. The van der Waals surface area contributed by atoms with Gasteiger partial charge in [-0.3, -0.25) is 19.5 Å². The average molecular weight is 980 g/mol. The zero-order valence-electron chi connectivity index (χ0n) is 37.3. The Morgan fingerprint density at radius 3 is 1.61 bits per heavy atom. The molecule has 2 atom stereocenters. The molecule has 1 fully saturated rings. The molecule has 4 heterocycles. The predicted octanol–water partition coefficient (Wildman–Crippen LogP) is 10.9. The van der Waals surface area contributed by atoms with Crippen LogP contribution in [-0.4, -0.2) is 55.6 Å². The van der Waals surface area contributed by atoms with Crippen molar-refractivity contribution in [3.63, 3.8) is 0 Å². The van der Waals surface area contributed by atoms with E-state index in [0.717, 1.165) is 49.6 Å². The van der Waals surface area contributed by atoms with Crippen LogP contribution in [0.2, 0.25) is 4.34 Å². The highest BCUT2D eigenvalue weighted by Crippen LogP contribution is 2.46. The number of benzene rings is 6. The van der Waals surface area contributed by atoms with Crippen molar-refractivity contribution < 1.29 is 24.3 Å². The van der Waals surface area contributed by atoms with Gasteiger partial charge in [-0.05, 0) is 41.7 Å². The third-order valence-corrected chi connectivity index (χ3v) is 14.8. The Morgan fingerprint density at radius 2 is 1.16 bits per heavy atom. The summed E-state index contributed by atoms with van der Waals surface area (Å²) in [5.74, 6) is -2.60. The first-order chi connectivity index (χ1) is 34.3. The minimum atomic E-state index is -1.40. The van der Waals surface area contributed by atoms with Crippen LogP contribution < -0.4 is 10.6 Å². The van der Waals surface area contributed by atoms with Crippen molar-refractivity contribution in [3.8, 4) is 0 Å². The highest BCUT2D eigenvalue weighted by molar-refractivity contribution is 8.03. The number of anilines is 1. The number of hydrogen-bond acceptors (Lipinski definition) is 10. The van der Waals surface area contributed by atoms with Gasteiger partial charge in [0.1, 0.15) is 27.3 Å². The number of fused-ring (bicyclic) bond motifs is 1. The van der Waals surface area contributed by atoms with E-state index in [1.165, 1.54) is 16.7 Å². The molecule has 2 aromatic heterocycles. The summed E-state index contributed by atoms with van der Waals surface area (Å²) in [6.07, 6.45) is 4.02. The molecule has 0 aliphatic carbocycles. The zero-order valence-corrected chi connectivity index (χ0v) is 39.7. The summed E-state index contributed by atoms with van der Waals surface area (Å²) in [4.78, 5) is 60.8. The Hall–Kier alpha value is -7.84. The van der Waals surface area contributed by atoms with Gasteiger partial charge in [0, 0.05) is 38.9 Å². The zero-order chi connectivity index (χ0) is 48.1. The molecule has 2 aliphatic rings. The third kappa shape index (κ3) is 8.63. The number of carboxylic acid groups (broad SMARTS) is 1. The summed E-state index contributed by atoms with van der Waals surface area (Å²) in [5, 5.41) is 22.3. The monoisotopic (exact) mass is 978 g/mol. The fraction of sp³-hybridized carbons (Fsp3) is 0.107. The smallest absolute Gasteiger partial charge is 0.353 e. The van der Waals surface area contributed by atoms with E-state index in [2.05, 4.69) is 15.6 Å². The summed E-state index contributed by atoms with van der Waals surface area (Å²) in [7, 11) is 0. The second kappa shape index (κ2) is 20.0. The molecule has 0 spiro atoms. The Balaban J connectivity index is 1.09. The maximum atomic E-state index is 15.2. The number of thioether (sulfide) groups is 1. The summed E-state index contributed by atoms with van der Waals surface area (Å²) in [6.45, 7) is 0.